The van der Waals surface area contributed by atoms with Gasteiger partial charge in [0.1, 0.15) is 0 Å². The van der Waals surface area contributed by atoms with Crippen LogP contribution in [0.5, 0.6) is 6.01 Å². The molecule has 20 heavy (non-hydrogen) atoms. The van der Waals surface area contributed by atoms with Crippen molar-refractivity contribution in [2.24, 2.45) is 0 Å². The van der Waals surface area contributed by atoms with Gasteiger partial charge in [-0.15, -0.1) is 5.10 Å². The van der Waals surface area contributed by atoms with Crippen LogP contribution in [0.2, 0.25) is 0 Å². The zero-order chi connectivity index (χ0) is 14.7. The molecule has 9 nitrogen and oxygen atoms in total. The monoisotopic (exact) mass is 277 g/mol. The van der Waals surface area contributed by atoms with Crippen LogP contribution in [0.4, 0.5) is 11.6 Å². The summed E-state index contributed by atoms with van der Waals surface area (Å²) in [6.07, 6.45) is 0. The summed E-state index contributed by atoms with van der Waals surface area (Å²) in [7, 11) is 1.40. The van der Waals surface area contributed by atoms with Crippen LogP contribution >= 0.6 is 0 Å². The number of aryl methyl sites for hydroxylation is 1. The van der Waals surface area contributed by atoms with Crippen molar-refractivity contribution in [3.8, 4) is 6.01 Å². The Bertz CT molecular complexity index is 667. The highest BCUT2D eigenvalue weighted by molar-refractivity contribution is 6.03. The van der Waals surface area contributed by atoms with Gasteiger partial charge >= 0.3 is 6.01 Å². The van der Waals surface area contributed by atoms with E-state index in [1.165, 1.54) is 25.3 Å². The number of anilines is 1. The van der Waals surface area contributed by atoms with Crippen molar-refractivity contribution in [2.75, 3.05) is 12.4 Å². The SMILES string of the molecule is COc1n[nH]c(NC(=O)c2ccc([N+](=O)[O-])c(C)c2)n1. The molecule has 2 rings (SSSR count). The predicted octanol–water partition coefficient (Wildman–Crippen LogP) is 1.28. The number of rotatable bonds is 4. The highest BCUT2D eigenvalue weighted by Gasteiger charge is 2.15. The molecule has 0 unspecified atom stereocenters. The Morgan fingerprint density at radius 2 is 2.25 bits per heavy atom. The van der Waals surface area contributed by atoms with E-state index < -0.39 is 10.8 Å². The molecule has 0 spiro atoms. The summed E-state index contributed by atoms with van der Waals surface area (Å²) in [5.74, 6) is -0.329. The van der Waals surface area contributed by atoms with Gasteiger partial charge in [0.25, 0.3) is 11.6 Å². The maximum absolute atomic E-state index is 11.9. The van der Waals surface area contributed by atoms with Gasteiger partial charge in [-0.05, 0) is 19.1 Å². The van der Waals surface area contributed by atoms with E-state index in [1.807, 2.05) is 0 Å². The van der Waals surface area contributed by atoms with Crippen LogP contribution in [0.15, 0.2) is 18.2 Å². The van der Waals surface area contributed by atoms with Crippen LogP contribution in [0.1, 0.15) is 15.9 Å². The predicted molar refractivity (Wildman–Crippen MR) is 68.7 cm³/mol. The Kier molecular flexibility index (Phi) is 3.60. The number of carbonyl (C=O) groups excluding carboxylic acids is 1. The molecule has 0 aliphatic heterocycles. The second-order valence-electron chi connectivity index (χ2n) is 3.88. The van der Waals surface area contributed by atoms with Gasteiger partial charge in [0.2, 0.25) is 5.95 Å². The minimum atomic E-state index is -0.502. The second kappa shape index (κ2) is 5.34. The normalized spacial score (nSPS) is 10.1. The summed E-state index contributed by atoms with van der Waals surface area (Å²) in [6, 6.07) is 4.18. The number of nitro groups is 1. The number of ether oxygens (including phenoxy) is 1. The van der Waals surface area contributed by atoms with Crippen LogP contribution < -0.4 is 10.1 Å². The van der Waals surface area contributed by atoms with Crippen LogP contribution in [-0.4, -0.2) is 33.1 Å². The lowest BCUT2D eigenvalue weighted by Crippen LogP contribution is -2.13. The summed E-state index contributed by atoms with van der Waals surface area (Å²) in [5.41, 5.74) is 0.643. The van der Waals surface area contributed by atoms with Gasteiger partial charge in [0.15, 0.2) is 0 Å². The van der Waals surface area contributed by atoms with E-state index in [1.54, 1.807) is 6.92 Å². The van der Waals surface area contributed by atoms with E-state index in [9.17, 15) is 14.9 Å². The van der Waals surface area contributed by atoms with Crippen LogP contribution in [0.3, 0.4) is 0 Å². The van der Waals surface area contributed by atoms with Crippen molar-refractivity contribution in [3.63, 3.8) is 0 Å². The maximum Gasteiger partial charge on any atom is 0.336 e. The molecule has 1 amide bonds. The molecule has 0 atom stereocenters. The van der Waals surface area contributed by atoms with Gasteiger partial charge in [-0.3, -0.25) is 20.2 Å². The molecule has 0 fully saturated rings. The number of hydrogen-bond donors (Lipinski definition) is 2. The molecule has 0 aliphatic rings. The third-order valence-electron chi connectivity index (χ3n) is 2.54. The number of carbonyl (C=O) groups is 1. The van der Waals surface area contributed by atoms with Crippen LogP contribution in [0, 0.1) is 17.0 Å². The lowest BCUT2D eigenvalue weighted by molar-refractivity contribution is -0.385. The number of nitrogens with zero attached hydrogens (tertiary/aromatic N) is 3. The topological polar surface area (TPSA) is 123 Å². The number of methoxy groups -OCH3 is 1. The average Bonchev–Trinajstić information content (AvgIpc) is 2.85. The quantitative estimate of drug-likeness (QED) is 0.641. The smallest absolute Gasteiger partial charge is 0.336 e. The van der Waals surface area contributed by atoms with Crippen molar-refractivity contribution in [1.82, 2.24) is 15.2 Å². The highest BCUT2D eigenvalue weighted by atomic mass is 16.6. The molecule has 2 N–H and O–H groups in total. The molecule has 104 valence electrons. The molecule has 1 heterocycles. The lowest BCUT2D eigenvalue weighted by atomic mass is 10.1. The largest absolute Gasteiger partial charge is 0.466 e. The number of aromatic amines is 1. The van der Waals surface area contributed by atoms with Crippen molar-refractivity contribution < 1.29 is 14.5 Å². The third kappa shape index (κ3) is 2.71. The number of amides is 1. The number of nitrogens with one attached hydrogen (secondary N) is 2. The number of hydrogen-bond acceptors (Lipinski definition) is 6. The van der Waals surface area contributed by atoms with E-state index in [-0.39, 0.29) is 23.2 Å². The van der Waals surface area contributed by atoms with Gasteiger partial charge in [-0.2, -0.15) is 4.98 Å². The molecule has 0 saturated heterocycles. The van der Waals surface area contributed by atoms with Gasteiger partial charge in [-0.1, -0.05) is 0 Å². The fraction of sp³-hybridized carbons (Fsp3) is 0.182. The van der Waals surface area contributed by atoms with Crippen molar-refractivity contribution in [2.45, 2.75) is 6.92 Å². The van der Waals surface area contributed by atoms with Crippen molar-refractivity contribution >= 4 is 17.5 Å². The molecular weight excluding hydrogens is 266 g/mol. The molecule has 0 saturated carbocycles. The zero-order valence-corrected chi connectivity index (χ0v) is 10.7. The van der Waals surface area contributed by atoms with Gasteiger partial charge < -0.3 is 4.74 Å². The first-order chi connectivity index (χ1) is 9.51. The molecule has 1 aromatic heterocycles. The van der Waals surface area contributed by atoms with E-state index in [0.29, 0.717) is 5.56 Å². The molecule has 0 radical (unpaired) electrons. The molecule has 0 aliphatic carbocycles. The summed E-state index contributed by atoms with van der Waals surface area (Å²) < 4.78 is 4.76. The summed E-state index contributed by atoms with van der Waals surface area (Å²) >= 11 is 0. The molecule has 2 aromatic rings. The Morgan fingerprint density at radius 1 is 1.50 bits per heavy atom. The van der Waals surface area contributed by atoms with Crippen LogP contribution in [-0.2, 0) is 0 Å². The first-order valence-electron chi connectivity index (χ1n) is 5.54. The molecule has 1 aromatic carbocycles. The number of nitro benzene ring substituents is 1. The first kappa shape index (κ1) is 13.5. The van der Waals surface area contributed by atoms with E-state index in [2.05, 4.69) is 20.5 Å². The summed E-state index contributed by atoms with van der Waals surface area (Å²) in [5, 5.41) is 19.3. The number of benzene rings is 1. The highest BCUT2D eigenvalue weighted by Crippen LogP contribution is 2.19. The second-order valence-corrected chi connectivity index (χ2v) is 3.88. The third-order valence-corrected chi connectivity index (χ3v) is 2.54. The lowest BCUT2D eigenvalue weighted by Gasteiger charge is -2.03. The molecule has 0 bridgehead atoms. The van der Waals surface area contributed by atoms with Crippen molar-refractivity contribution in [3.05, 3.63) is 39.4 Å². The first-order valence-corrected chi connectivity index (χ1v) is 5.54. The molecular formula is C11H11N5O4. The van der Waals surface area contributed by atoms with Crippen LogP contribution in [0.25, 0.3) is 0 Å². The number of aromatic nitrogens is 3. The summed E-state index contributed by atoms with van der Waals surface area (Å²) in [4.78, 5) is 26.0. The minimum Gasteiger partial charge on any atom is -0.466 e. The minimum absolute atomic E-state index is 0.0390. The van der Waals surface area contributed by atoms with Gasteiger partial charge in [0, 0.05) is 17.2 Å². The maximum atomic E-state index is 11.9. The zero-order valence-electron chi connectivity index (χ0n) is 10.7. The Balaban J connectivity index is 2.17. The van der Waals surface area contributed by atoms with E-state index in [0.717, 1.165) is 0 Å². The Labute approximate surface area is 113 Å². The Morgan fingerprint density at radius 3 is 2.80 bits per heavy atom. The van der Waals surface area contributed by atoms with E-state index in [4.69, 9.17) is 4.74 Å². The molecule has 9 heteroatoms. The van der Waals surface area contributed by atoms with Gasteiger partial charge in [-0.25, -0.2) is 5.10 Å². The van der Waals surface area contributed by atoms with Crippen molar-refractivity contribution in [1.29, 1.82) is 0 Å². The Hall–Kier alpha value is -2.97. The summed E-state index contributed by atoms with van der Waals surface area (Å²) in [6.45, 7) is 1.56. The van der Waals surface area contributed by atoms with E-state index >= 15 is 0 Å². The van der Waals surface area contributed by atoms with Gasteiger partial charge in [0.05, 0.1) is 12.0 Å². The fourth-order valence-electron chi connectivity index (χ4n) is 1.57. The standard InChI is InChI=1S/C11H11N5O4/c1-6-5-7(3-4-8(6)16(18)19)9(17)12-10-13-11(20-2)15-14-10/h3-5H,1-2H3,(H2,12,13,14,15,17). The number of H-pyrrole nitrogens is 1. The fourth-order valence-corrected chi connectivity index (χ4v) is 1.57. The average molecular weight is 277 g/mol.